The number of benzene rings is 1. The molecule has 0 aliphatic carbocycles. The van der Waals surface area contributed by atoms with E-state index in [0.717, 1.165) is 26.2 Å². The predicted octanol–water partition coefficient (Wildman–Crippen LogP) is 0.384. The minimum Gasteiger partial charge on any atom is -0.368 e. The molecule has 3 rings (SSSR count). The van der Waals surface area contributed by atoms with Gasteiger partial charge in [-0.15, -0.1) is 0 Å². The lowest BCUT2D eigenvalue weighted by Crippen LogP contribution is -2.56. The van der Waals surface area contributed by atoms with Crippen LogP contribution in [0.4, 0.5) is 5.69 Å². The normalized spacial score (nSPS) is 18.7. The molecule has 1 aromatic rings. The van der Waals surface area contributed by atoms with E-state index in [1.807, 2.05) is 0 Å². The van der Waals surface area contributed by atoms with Crippen LogP contribution < -0.4 is 10.2 Å². The van der Waals surface area contributed by atoms with E-state index in [4.69, 9.17) is 0 Å². The maximum Gasteiger partial charge on any atom is 0.312 e. The molecule has 2 amide bonds. The molecular weight excluding hydrogens is 304 g/mol. The molecule has 2 aliphatic heterocycles. The number of rotatable bonds is 1. The van der Waals surface area contributed by atoms with E-state index in [1.54, 1.807) is 9.80 Å². The van der Waals surface area contributed by atoms with Gasteiger partial charge in [0.05, 0.1) is 0 Å². The molecule has 1 aromatic carbocycles. The lowest BCUT2D eigenvalue weighted by Gasteiger charge is -2.37. The van der Waals surface area contributed by atoms with Gasteiger partial charge in [-0.2, -0.15) is 0 Å². The highest BCUT2D eigenvalue weighted by Crippen LogP contribution is 2.23. The molecule has 0 atom stereocenters. The minimum absolute atomic E-state index is 0.350. The summed E-state index contributed by atoms with van der Waals surface area (Å²) < 4.78 is 0. The fraction of sp³-hybridized carbons (Fsp3) is 0.556. The van der Waals surface area contributed by atoms with E-state index in [9.17, 15) is 9.59 Å². The van der Waals surface area contributed by atoms with Crippen LogP contribution in [-0.2, 0) is 9.59 Å². The molecule has 0 spiro atoms. The molecular formula is C18H26N4O2. The van der Waals surface area contributed by atoms with Crippen LogP contribution in [0.25, 0.3) is 0 Å². The molecule has 2 heterocycles. The van der Waals surface area contributed by atoms with Gasteiger partial charge in [-0.25, -0.2) is 0 Å². The Hall–Kier alpha value is -2.08. The third kappa shape index (κ3) is 3.38. The van der Waals surface area contributed by atoms with Crippen LogP contribution in [0.2, 0.25) is 0 Å². The largest absolute Gasteiger partial charge is 0.368 e. The van der Waals surface area contributed by atoms with Crippen LogP contribution in [0, 0.1) is 13.8 Å². The molecule has 2 saturated heterocycles. The highest BCUT2D eigenvalue weighted by molar-refractivity contribution is 6.35. The third-order valence-electron chi connectivity index (χ3n) is 5.07. The Kier molecular flexibility index (Phi) is 5.04. The lowest BCUT2D eigenvalue weighted by molar-refractivity contribution is -0.152. The summed E-state index contributed by atoms with van der Waals surface area (Å²) in [6.45, 7) is 9.75. The Balaban J connectivity index is 1.59. The van der Waals surface area contributed by atoms with Gasteiger partial charge in [0.1, 0.15) is 0 Å². The number of hydrogen-bond donors (Lipinski definition) is 1. The fourth-order valence-electron chi connectivity index (χ4n) is 3.37. The van der Waals surface area contributed by atoms with Crippen molar-refractivity contribution in [3.8, 4) is 0 Å². The summed E-state index contributed by atoms with van der Waals surface area (Å²) in [6.07, 6.45) is 0. The Morgan fingerprint density at radius 3 is 2.08 bits per heavy atom. The van der Waals surface area contributed by atoms with Crippen molar-refractivity contribution in [2.75, 3.05) is 57.3 Å². The van der Waals surface area contributed by atoms with Gasteiger partial charge in [0.25, 0.3) is 0 Å². The number of nitrogens with zero attached hydrogens (tertiary/aromatic N) is 3. The first-order valence-corrected chi connectivity index (χ1v) is 8.68. The average Bonchev–Trinajstić information content (AvgIpc) is 2.64. The van der Waals surface area contributed by atoms with Crippen molar-refractivity contribution in [1.82, 2.24) is 15.1 Å². The molecule has 6 nitrogen and oxygen atoms in total. The van der Waals surface area contributed by atoms with Crippen molar-refractivity contribution in [2.24, 2.45) is 0 Å². The van der Waals surface area contributed by atoms with Crippen molar-refractivity contribution in [3.63, 3.8) is 0 Å². The number of piperazine rings is 2. The second kappa shape index (κ2) is 7.21. The first kappa shape index (κ1) is 16.8. The van der Waals surface area contributed by atoms with Crippen molar-refractivity contribution in [2.45, 2.75) is 13.8 Å². The summed E-state index contributed by atoms with van der Waals surface area (Å²) >= 11 is 0. The molecule has 2 fully saturated rings. The number of nitrogens with one attached hydrogen (secondary N) is 1. The summed E-state index contributed by atoms with van der Waals surface area (Å²) in [7, 11) is 0. The zero-order valence-corrected chi connectivity index (χ0v) is 14.5. The second-order valence-electron chi connectivity index (χ2n) is 6.54. The van der Waals surface area contributed by atoms with Gasteiger partial charge >= 0.3 is 11.8 Å². The smallest absolute Gasteiger partial charge is 0.312 e. The fourth-order valence-corrected chi connectivity index (χ4v) is 3.37. The highest BCUT2D eigenvalue weighted by atomic mass is 16.2. The SMILES string of the molecule is Cc1cccc(N2CCN(C(=O)C(=O)N3CCNCC3)CC2)c1C. The van der Waals surface area contributed by atoms with Crippen LogP contribution in [0.15, 0.2) is 18.2 Å². The van der Waals surface area contributed by atoms with Gasteiger partial charge in [0.2, 0.25) is 0 Å². The van der Waals surface area contributed by atoms with Gasteiger partial charge in [0, 0.05) is 58.0 Å². The molecule has 1 N–H and O–H groups in total. The van der Waals surface area contributed by atoms with Gasteiger partial charge < -0.3 is 20.0 Å². The number of anilines is 1. The van der Waals surface area contributed by atoms with Crippen LogP contribution in [0.3, 0.4) is 0 Å². The van der Waals surface area contributed by atoms with Crippen molar-refractivity contribution >= 4 is 17.5 Å². The average molecular weight is 330 g/mol. The summed E-state index contributed by atoms with van der Waals surface area (Å²) in [4.78, 5) is 30.5. The molecule has 0 unspecified atom stereocenters. The van der Waals surface area contributed by atoms with E-state index in [0.29, 0.717) is 26.2 Å². The van der Waals surface area contributed by atoms with Crippen LogP contribution >= 0.6 is 0 Å². The first-order valence-electron chi connectivity index (χ1n) is 8.68. The molecule has 6 heteroatoms. The quantitative estimate of drug-likeness (QED) is 0.757. The molecule has 130 valence electrons. The zero-order chi connectivity index (χ0) is 17.1. The standard InChI is InChI=1S/C18H26N4O2/c1-14-4-3-5-16(15(14)2)20-10-12-22(13-11-20)18(24)17(23)21-8-6-19-7-9-21/h3-5,19H,6-13H2,1-2H3. The number of hydrogen-bond acceptors (Lipinski definition) is 4. The maximum absolute atomic E-state index is 12.5. The van der Waals surface area contributed by atoms with Crippen LogP contribution in [-0.4, -0.2) is 74.0 Å². The Labute approximate surface area is 143 Å². The van der Waals surface area contributed by atoms with Gasteiger partial charge in [-0.1, -0.05) is 12.1 Å². The van der Waals surface area contributed by atoms with Gasteiger partial charge in [-0.3, -0.25) is 9.59 Å². The summed E-state index contributed by atoms with van der Waals surface area (Å²) in [5.74, 6) is -0.700. The van der Waals surface area contributed by atoms with Gasteiger partial charge in [0.15, 0.2) is 0 Å². The zero-order valence-electron chi connectivity index (χ0n) is 14.5. The maximum atomic E-state index is 12.5. The van der Waals surface area contributed by atoms with E-state index >= 15 is 0 Å². The molecule has 0 radical (unpaired) electrons. The summed E-state index contributed by atoms with van der Waals surface area (Å²) in [6, 6.07) is 6.32. The van der Waals surface area contributed by atoms with Crippen molar-refractivity contribution in [3.05, 3.63) is 29.3 Å². The molecule has 2 aliphatic rings. The number of amides is 2. The van der Waals surface area contributed by atoms with Crippen LogP contribution in [0.5, 0.6) is 0 Å². The lowest BCUT2D eigenvalue weighted by atomic mass is 10.1. The van der Waals surface area contributed by atoms with Gasteiger partial charge in [-0.05, 0) is 31.0 Å². The topological polar surface area (TPSA) is 55.9 Å². The Morgan fingerprint density at radius 2 is 1.46 bits per heavy atom. The Morgan fingerprint density at radius 1 is 0.875 bits per heavy atom. The summed E-state index contributed by atoms with van der Waals surface area (Å²) in [5.41, 5.74) is 3.80. The molecule has 0 bridgehead atoms. The summed E-state index contributed by atoms with van der Waals surface area (Å²) in [5, 5.41) is 3.20. The van der Waals surface area contributed by atoms with Crippen molar-refractivity contribution in [1.29, 1.82) is 0 Å². The second-order valence-corrected chi connectivity index (χ2v) is 6.54. The van der Waals surface area contributed by atoms with Crippen LogP contribution in [0.1, 0.15) is 11.1 Å². The monoisotopic (exact) mass is 330 g/mol. The number of aryl methyl sites for hydroxylation is 1. The number of carbonyl (C=O) groups is 2. The van der Waals surface area contributed by atoms with E-state index in [2.05, 4.69) is 42.3 Å². The Bertz CT molecular complexity index is 617. The van der Waals surface area contributed by atoms with E-state index in [-0.39, 0.29) is 11.8 Å². The minimum atomic E-state index is -0.350. The van der Waals surface area contributed by atoms with E-state index in [1.165, 1.54) is 16.8 Å². The third-order valence-corrected chi connectivity index (χ3v) is 5.07. The number of carbonyl (C=O) groups excluding carboxylic acids is 2. The molecule has 0 saturated carbocycles. The van der Waals surface area contributed by atoms with Crippen molar-refractivity contribution < 1.29 is 9.59 Å². The molecule has 24 heavy (non-hydrogen) atoms. The first-order chi connectivity index (χ1) is 11.6. The van der Waals surface area contributed by atoms with E-state index < -0.39 is 0 Å². The molecule has 0 aromatic heterocycles. The predicted molar refractivity (Wildman–Crippen MR) is 94.2 cm³/mol. The highest BCUT2D eigenvalue weighted by Gasteiger charge is 2.30.